The second kappa shape index (κ2) is 11.0. The molecule has 0 aliphatic carbocycles. The van der Waals surface area contributed by atoms with Crippen LogP contribution in [0.25, 0.3) is 11.1 Å². The first-order valence-electron chi connectivity index (χ1n) is 11.0. The summed E-state index contributed by atoms with van der Waals surface area (Å²) >= 11 is 0. The molecule has 3 rings (SSSR count). The van der Waals surface area contributed by atoms with E-state index in [0.29, 0.717) is 24.2 Å². The van der Waals surface area contributed by atoms with Gasteiger partial charge in [0, 0.05) is 17.7 Å². The smallest absolute Gasteiger partial charge is 0.167 e. The van der Waals surface area contributed by atoms with Crippen LogP contribution in [0.2, 0.25) is 0 Å². The summed E-state index contributed by atoms with van der Waals surface area (Å²) in [7, 11) is 0. The first-order chi connectivity index (χ1) is 14.5. The van der Waals surface area contributed by atoms with Crippen molar-refractivity contribution in [2.24, 2.45) is 0 Å². The minimum absolute atomic E-state index is 0.0502. The molecule has 1 aliphatic heterocycles. The van der Waals surface area contributed by atoms with E-state index in [0.717, 1.165) is 45.1 Å². The summed E-state index contributed by atoms with van der Waals surface area (Å²) in [6.07, 6.45) is 5.75. The van der Waals surface area contributed by atoms with Crippen LogP contribution in [0.5, 0.6) is 0 Å². The van der Waals surface area contributed by atoms with Gasteiger partial charge in [-0.25, -0.2) is 13.2 Å². The fourth-order valence-electron chi connectivity index (χ4n) is 3.82. The van der Waals surface area contributed by atoms with Crippen molar-refractivity contribution in [2.45, 2.75) is 71.0 Å². The Bertz CT molecular complexity index is 829. The number of halogens is 3. The van der Waals surface area contributed by atoms with Gasteiger partial charge in [-0.3, -0.25) is 0 Å². The third-order valence-corrected chi connectivity index (χ3v) is 5.70. The molecule has 2 aromatic rings. The first-order valence-corrected chi connectivity index (χ1v) is 11.0. The van der Waals surface area contributed by atoms with Crippen LogP contribution in [0, 0.1) is 17.5 Å². The molecule has 1 aliphatic rings. The maximum Gasteiger partial charge on any atom is 0.167 e. The zero-order valence-corrected chi connectivity index (χ0v) is 17.9. The lowest BCUT2D eigenvalue weighted by atomic mass is 9.95. The summed E-state index contributed by atoms with van der Waals surface area (Å²) in [5, 5.41) is 0. The molecule has 0 bridgehead atoms. The Labute approximate surface area is 177 Å². The minimum atomic E-state index is -0.990. The summed E-state index contributed by atoms with van der Waals surface area (Å²) in [6, 6.07) is 7.66. The van der Waals surface area contributed by atoms with Crippen LogP contribution in [-0.2, 0) is 15.9 Å². The van der Waals surface area contributed by atoms with Crippen molar-refractivity contribution in [1.29, 1.82) is 0 Å². The van der Waals surface area contributed by atoms with E-state index >= 15 is 0 Å². The van der Waals surface area contributed by atoms with Crippen molar-refractivity contribution < 1.29 is 22.6 Å². The topological polar surface area (TPSA) is 18.5 Å². The van der Waals surface area contributed by atoms with Crippen molar-refractivity contribution in [1.82, 2.24) is 0 Å². The molecule has 2 unspecified atom stereocenters. The van der Waals surface area contributed by atoms with Crippen LogP contribution in [0.4, 0.5) is 13.2 Å². The van der Waals surface area contributed by atoms with E-state index in [1.807, 2.05) is 6.92 Å². The molecule has 0 aromatic heterocycles. The highest BCUT2D eigenvalue weighted by molar-refractivity contribution is 5.66. The number of unbranched alkanes of at least 4 members (excludes halogenated alkanes) is 2. The lowest BCUT2D eigenvalue weighted by Gasteiger charge is -2.29. The SMILES string of the molecule is CCCCOC1CCC(c2ccc(-c3ccc(CCCC)c(F)c3F)c(F)c2)OC1. The van der Waals surface area contributed by atoms with Gasteiger partial charge in [0.2, 0.25) is 0 Å². The third kappa shape index (κ3) is 5.44. The van der Waals surface area contributed by atoms with E-state index in [2.05, 4.69) is 6.92 Å². The summed E-state index contributed by atoms with van der Waals surface area (Å²) < 4.78 is 55.5. The third-order valence-electron chi connectivity index (χ3n) is 5.70. The van der Waals surface area contributed by atoms with Crippen molar-refractivity contribution in [3.8, 4) is 11.1 Å². The Morgan fingerprint density at radius 3 is 2.37 bits per heavy atom. The number of ether oxygens (including phenoxy) is 2. The van der Waals surface area contributed by atoms with Gasteiger partial charge in [0.25, 0.3) is 0 Å². The number of hydrogen-bond donors (Lipinski definition) is 0. The average molecular weight is 421 g/mol. The molecule has 1 heterocycles. The normalized spacial score (nSPS) is 19.2. The standard InChI is InChI=1S/C25H31F3O2/c1-3-5-7-17-8-12-21(25(28)24(17)27)20-11-9-18(15-22(20)26)23-13-10-19(16-30-23)29-14-6-4-2/h8-9,11-12,15,19,23H,3-7,10,13-14,16H2,1-2H3. The van der Waals surface area contributed by atoms with E-state index in [4.69, 9.17) is 9.47 Å². The average Bonchev–Trinajstić information content (AvgIpc) is 2.76. The zero-order chi connectivity index (χ0) is 21.5. The zero-order valence-electron chi connectivity index (χ0n) is 17.9. The lowest BCUT2D eigenvalue weighted by Crippen LogP contribution is -2.28. The van der Waals surface area contributed by atoms with Crippen LogP contribution >= 0.6 is 0 Å². The van der Waals surface area contributed by atoms with Crippen LogP contribution in [0.1, 0.15) is 69.6 Å². The largest absolute Gasteiger partial charge is 0.376 e. The van der Waals surface area contributed by atoms with Gasteiger partial charge in [0.05, 0.1) is 18.8 Å². The van der Waals surface area contributed by atoms with Gasteiger partial charge in [-0.1, -0.05) is 51.0 Å². The van der Waals surface area contributed by atoms with Gasteiger partial charge < -0.3 is 9.47 Å². The molecule has 0 saturated carbocycles. The first kappa shape index (κ1) is 22.8. The molecule has 0 amide bonds. The molecule has 1 fully saturated rings. The molecule has 5 heteroatoms. The highest BCUT2D eigenvalue weighted by Crippen LogP contribution is 2.34. The van der Waals surface area contributed by atoms with Crippen molar-refractivity contribution in [3.05, 3.63) is 58.9 Å². The van der Waals surface area contributed by atoms with Crippen molar-refractivity contribution in [2.75, 3.05) is 13.2 Å². The Balaban J connectivity index is 1.70. The van der Waals surface area contributed by atoms with Gasteiger partial charge >= 0.3 is 0 Å². The van der Waals surface area contributed by atoms with Crippen LogP contribution in [0.3, 0.4) is 0 Å². The molecular weight excluding hydrogens is 389 g/mol. The minimum Gasteiger partial charge on any atom is -0.376 e. The highest BCUT2D eigenvalue weighted by Gasteiger charge is 2.25. The molecule has 164 valence electrons. The molecule has 2 aromatic carbocycles. The fraction of sp³-hybridized carbons (Fsp3) is 0.520. The molecule has 2 nitrogen and oxygen atoms in total. The van der Waals surface area contributed by atoms with Crippen LogP contribution < -0.4 is 0 Å². The second-order valence-electron chi connectivity index (χ2n) is 7.99. The Kier molecular flexibility index (Phi) is 8.34. The van der Waals surface area contributed by atoms with Crippen LogP contribution in [0.15, 0.2) is 30.3 Å². The quantitative estimate of drug-likeness (QED) is 0.401. The predicted octanol–water partition coefficient (Wildman–Crippen LogP) is 7.15. The van der Waals surface area contributed by atoms with E-state index in [1.165, 1.54) is 18.2 Å². The molecule has 1 saturated heterocycles. The molecule has 2 atom stereocenters. The number of rotatable bonds is 9. The maximum absolute atomic E-state index is 14.8. The Morgan fingerprint density at radius 1 is 0.933 bits per heavy atom. The predicted molar refractivity (Wildman–Crippen MR) is 113 cm³/mol. The molecule has 0 spiro atoms. The van der Waals surface area contributed by atoms with Gasteiger partial charge in [0.1, 0.15) is 5.82 Å². The lowest BCUT2D eigenvalue weighted by molar-refractivity contribution is -0.0872. The summed E-state index contributed by atoms with van der Waals surface area (Å²) in [5.74, 6) is -2.44. The summed E-state index contributed by atoms with van der Waals surface area (Å²) in [6.45, 7) is 5.33. The van der Waals surface area contributed by atoms with E-state index in [1.54, 1.807) is 12.1 Å². The molecule has 30 heavy (non-hydrogen) atoms. The van der Waals surface area contributed by atoms with Gasteiger partial charge in [-0.2, -0.15) is 0 Å². The number of aryl methyl sites for hydroxylation is 1. The Hall–Kier alpha value is -1.85. The van der Waals surface area contributed by atoms with E-state index in [9.17, 15) is 13.2 Å². The van der Waals surface area contributed by atoms with E-state index < -0.39 is 17.5 Å². The molecule has 0 radical (unpaired) electrons. The number of benzene rings is 2. The van der Waals surface area contributed by atoms with Gasteiger partial charge in [-0.15, -0.1) is 0 Å². The van der Waals surface area contributed by atoms with Crippen molar-refractivity contribution in [3.63, 3.8) is 0 Å². The summed E-state index contributed by atoms with van der Waals surface area (Å²) in [5.41, 5.74) is 1.06. The monoisotopic (exact) mass is 420 g/mol. The Morgan fingerprint density at radius 2 is 1.70 bits per heavy atom. The maximum atomic E-state index is 14.8. The van der Waals surface area contributed by atoms with Gasteiger partial charge in [-0.05, 0) is 49.3 Å². The van der Waals surface area contributed by atoms with Crippen molar-refractivity contribution >= 4 is 0 Å². The number of hydrogen-bond acceptors (Lipinski definition) is 2. The summed E-state index contributed by atoms with van der Waals surface area (Å²) in [4.78, 5) is 0. The second-order valence-corrected chi connectivity index (χ2v) is 7.99. The van der Waals surface area contributed by atoms with Gasteiger partial charge in [0.15, 0.2) is 11.6 Å². The van der Waals surface area contributed by atoms with Crippen LogP contribution in [-0.4, -0.2) is 19.3 Å². The van der Waals surface area contributed by atoms with E-state index in [-0.39, 0.29) is 23.3 Å². The highest BCUT2D eigenvalue weighted by atomic mass is 19.2. The molecular formula is C25H31F3O2. The molecule has 0 N–H and O–H groups in total. The fourth-order valence-corrected chi connectivity index (χ4v) is 3.82.